The molecule has 2 aromatic rings. The number of hydrogen-bond acceptors (Lipinski definition) is 3. The molecule has 0 bridgehead atoms. The van der Waals surface area contributed by atoms with Gasteiger partial charge in [0.2, 0.25) is 17.7 Å². The molecule has 0 saturated carbocycles. The maximum absolute atomic E-state index is 12.5. The Morgan fingerprint density at radius 3 is 2.72 bits per heavy atom. The van der Waals surface area contributed by atoms with E-state index in [4.69, 9.17) is 0 Å². The number of rotatable bonds is 4. The second kappa shape index (κ2) is 7.48. The zero-order valence-electron chi connectivity index (χ0n) is 13.3. The van der Waals surface area contributed by atoms with Crippen molar-refractivity contribution in [3.63, 3.8) is 0 Å². The van der Waals surface area contributed by atoms with E-state index >= 15 is 0 Å². The molecule has 0 aliphatic carbocycles. The standard InChI is InChI=1S/C18H16BrN3O3/c19-12-4-3-5-13(10-12)20-16(23)8-9-18(25)22-11-17(24)21-14-6-1-2-7-15(14)22/h1-7,10H,8-9,11H2,(H,20,23)(H,21,24). The van der Waals surface area contributed by atoms with E-state index in [2.05, 4.69) is 26.6 Å². The van der Waals surface area contributed by atoms with Crippen molar-refractivity contribution >= 4 is 50.7 Å². The highest BCUT2D eigenvalue weighted by Gasteiger charge is 2.26. The van der Waals surface area contributed by atoms with Crippen LogP contribution in [0.4, 0.5) is 17.1 Å². The average Bonchev–Trinajstić information content (AvgIpc) is 2.59. The number of hydrogen-bond donors (Lipinski definition) is 2. The molecule has 3 rings (SSSR count). The van der Waals surface area contributed by atoms with E-state index in [0.29, 0.717) is 17.1 Å². The van der Waals surface area contributed by atoms with Crippen molar-refractivity contribution in [1.82, 2.24) is 0 Å². The van der Waals surface area contributed by atoms with Gasteiger partial charge in [0.1, 0.15) is 6.54 Å². The summed E-state index contributed by atoms with van der Waals surface area (Å²) in [5, 5.41) is 5.48. The van der Waals surface area contributed by atoms with Crippen LogP contribution in [0.25, 0.3) is 0 Å². The maximum atomic E-state index is 12.5. The van der Waals surface area contributed by atoms with E-state index in [1.807, 2.05) is 12.1 Å². The number of carbonyl (C=O) groups is 3. The quantitative estimate of drug-likeness (QED) is 0.825. The molecule has 0 fully saturated rings. The van der Waals surface area contributed by atoms with Crippen LogP contribution in [0.3, 0.4) is 0 Å². The molecular formula is C18H16BrN3O3. The molecule has 0 unspecified atom stereocenters. The molecule has 1 aliphatic heterocycles. The van der Waals surface area contributed by atoms with Crippen LogP contribution in [0, 0.1) is 0 Å². The molecule has 2 N–H and O–H groups in total. The molecule has 0 radical (unpaired) electrons. The zero-order chi connectivity index (χ0) is 17.8. The third-order valence-electron chi connectivity index (χ3n) is 3.75. The van der Waals surface area contributed by atoms with Gasteiger partial charge in [0.15, 0.2) is 0 Å². The van der Waals surface area contributed by atoms with Gasteiger partial charge >= 0.3 is 0 Å². The van der Waals surface area contributed by atoms with E-state index in [1.54, 1.807) is 36.4 Å². The predicted molar refractivity (Wildman–Crippen MR) is 99.4 cm³/mol. The minimum Gasteiger partial charge on any atom is -0.326 e. The van der Waals surface area contributed by atoms with E-state index in [9.17, 15) is 14.4 Å². The summed E-state index contributed by atoms with van der Waals surface area (Å²) in [6, 6.07) is 14.3. The smallest absolute Gasteiger partial charge is 0.244 e. The van der Waals surface area contributed by atoms with E-state index in [-0.39, 0.29) is 37.1 Å². The second-order valence-corrected chi connectivity index (χ2v) is 6.52. The Morgan fingerprint density at radius 2 is 1.92 bits per heavy atom. The fourth-order valence-corrected chi connectivity index (χ4v) is 3.00. The van der Waals surface area contributed by atoms with Gasteiger partial charge in [0.05, 0.1) is 11.4 Å². The normalized spacial score (nSPS) is 13.0. The first kappa shape index (κ1) is 17.2. The topological polar surface area (TPSA) is 78.5 Å². The summed E-state index contributed by atoms with van der Waals surface area (Å²) in [6.45, 7) is -0.0386. The molecule has 25 heavy (non-hydrogen) atoms. The molecule has 2 aromatic carbocycles. The summed E-state index contributed by atoms with van der Waals surface area (Å²) in [5.74, 6) is -0.751. The van der Waals surface area contributed by atoms with Crippen molar-refractivity contribution in [1.29, 1.82) is 0 Å². The Balaban J connectivity index is 1.61. The summed E-state index contributed by atoms with van der Waals surface area (Å²) in [5.41, 5.74) is 1.92. The lowest BCUT2D eigenvalue weighted by Crippen LogP contribution is -2.42. The first-order valence-electron chi connectivity index (χ1n) is 7.77. The molecule has 0 atom stereocenters. The zero-order valence-corrected chi connectivity index (χ0v) is 14.9. The number of benzene rings is 2. The first-order valence-corrected chi connectivity index (χ1v) is 8.57. The van der Waals surface area contributed by atoms with Crippen LogP contribution in [0.15, 0.2) is 53.0 Å². The Kier molecular flexibility index (Phi) is 5.14. The van der Waals surface area contributed by atoms with Crippen molar-refractivity contribution < 1.29 is 14.4 Å². The Morgan fingerprint density at radius 1 is 1.12 bits per heavy atom. The SMILES string of the molecule is O=C(CCC(=O)N1CC(=O)Nc2ccccc21)Nc1cccc(Br)c1. The van der Waals surface area contributed by atoms with E-state index in [0.717, 1.165) is 4.47 Å². The van der Waals surface area contributed by atoms with Gasteiger partial charge in [0, 0.05) is 23.0 Å². The minimum atomic E-state index is -0.258. The van der Waals surface area contributed by atoms with E-state index in [1.165, 1.54) is 4.90 Å². The van der Waals surface area contributed by atoms with Crippen LogP contribution in [0.5, 0.6) is 0 Å². The van der Waals surface area contributed by atoms with Crippen LogP contribution >= 0.6 is 15.9 Å². The fraction of sp³-hybridized carbons (Fsp3) is 0.167. The summed E-state index contributed by atoms with van der Waals surface area (Å²) in [7, 11) is 0. The van der Waals surface area contributed by atoms with Gasteiger partial charge in [-0.05, 0) is 30.3 Å². The van der Waals surface area contributed by atoms with Crippen LogP contribution in [0.1, 0.15) is 12.8 Å². The molecule has 6 nitrogen and oxygen atoms in total. The van der Waals surface area contributed by atoms with Crippen LogP contribution in [0.2, 0.25) is 0 Å². The number of halogens is 1. The van der Waals surface area contributed by atoms with E-state index < -0.39 is 0 Å². The number of amides is 3. The lowest BCUT2D eigenvalue weighted by Gasteiger charge is -2.29. The minimum absolute atomic E-state index is 0.0292. The molecule has 0 aromatic heterocycles. The number of carbonyl (C=O) groups excluding carboxylic acids is 3. The van der Waals surface area contributed by atoms with Gasteiger partial charge < -0.3 is 15.5 Å². The van der Waals surface area contributed by atoms with Gasteiger partial charge in [-0.25, -0.2) is 0 Å². The number of nitrogens with one attached hydrogen (secondary N) is 2. The molecule has 128 valence electrons. The van der Waals surface area contributed by atoms with Gasteiger partial charge in [-0.15, -0.1) is 0 Å². The number of nitrogens with zero attached hydrogens (tertiary/aromatic N) is 1. The molecule has 7 heteroatoms. The molecule has 1 heterocycles. The summed E-state index contributed by atoms with van der Waals surface area (Å²) >= 11 is 3.34. The lowest BCUT2D eigenvalue weighted by atomic mass is 10.1. The monoisotopic (exact) mass is 401 g/mol. The highest BCUT2D eigenvalue weighted by molar-refractivity contribution is 9.10. The summed E-state index contributed by atoms with van der Waals surface area (Å²) in [6.07, 6.45) is 0.0765. The summed E-state index contributed by atoms with van der Waals surface area (Å²) < 4.78 is 0.859. The lowest BCUT2D eigenvalue weighted by molar-refractivity contribution is -0.124. The second-order valence-electron chi connectivity index (χ2n) is 5.60. The largest absolute Gasteiger partial charge is 0.326 e. The predicted octanol–water partition coefficient (Wildman–Crippen LogP) is 3.15. The van der Waals surface area contributed by atoms with Crippen molar-refractivity contribution in [3.8, 4) is 0 Å². The maximum Gasteiger partial charge on any atom is 0.244 e. The Bertz CT molecular complexity index is 838. The van der Waals surface area contributed by atoms with Gasteiger partial charge in [-0.1, -0.05) is 34.1 Å². The molecular weight excluding hydrogens is 386 g/mol. The molecule has 0 spiro atoms. The number of anilines is 3. The van der Waals surface area contributed by atoms with Crippen molar-refractivity contribution in [2.45, 2.75) is 12.8 Å². The van der Waals surface area contributed by atoms with Crippen molar-refractivity contribution in [2.75, 3.05) is 22.1 Å². The van der Waals surface area contributed by atoms with Gasteiger partial charge in [0.25, 0.3) is 0 Å². The number of fused-ring (bicyclic) bond motifs is 1. The van der Waals surface area contributed by atoms with Crippen LogP contribution in [-0.4, -0.2) is 24.3 Å². The summed E-state index contributed by atoms with van der Waals surface area (Å²) in [4.78, 5) is 37.7. The molecule has 3 amide bonds. The Labute approximate surface area is 153 Å². The van der Waals surface area contributed by atoms with Crippen molar-refractivity contribution in [2.24, 2.45) is 0 Å². The van der Waals surface area contributed by atoms with Crippen LogP contribution < -0.4 is 15.5 Å². The molecule has 1 aliphatic rings. The third-order valence-corrected chi connectivity index (χ3v) is 4.24. The van der Waals surface area contributed by atoms with Gasteiger partial charge in [-0.2, -0.15) is 0 Å². The van der Waals surface area contributed by atoms with Crippen molar-refractivity contribution in [3.05, 3.63) is 53.0 Å². The first-order chi connectivity index (χ1) is 12.0. The van der Waals surface area contributed by atoms with Gasteiger partial charge in [-0.3, -0.25) is 14.4 Å². The highest BCUT2D eigenvalue weighted by Crippen LogP contribution is 2.29. The third kappa shape index (κ3) is 4.24. The fourth-order valence-electron chi connectivity index (χ4n) is 2.60. The van der Waals surface area contributed by atoms with Crippen LogP contribution in [-0.2, 0) is 14.4 Å². The molecule has 0 saturated heterocycles. The average molecular weight is 402 g/mol. The number of para-hydroxylation sites is 2. The Hall–Kier alpha value is -2.67. The highest BCUT2D eigenvalue weighted by atomic mass is 79.9.